The van der Waals surface area contributed by atoms with Gasteiger partial charge in [0.1, 0.15) is 0 Å². The van der Waals surface area contributed by atoms with Gasteiger partial charge in [0.05, 0.1) is 25.0 Å². The molecule has 3 N–H and O–H groups in total. The maximum atomic E-state index is 12.9. The molecule has 0 aromatic heterocycles. The van der Waals surface area contributed by atoms with Gasteiger partial charge in [0.25, 0.3) is 0 Å². The first-order chi connectivity index (χ1) is 12.8. The second kappa shape index (κ2) is 9.21. The summed E-state index contributed by atoms with van der Waals surface area (Å²) in [6.45, 7) is 7.95. The van der Waals surface area contributed by atoms with Crippen LogP contribution in [0.5, 0.6) is 0 Å². The van der Waals surface area contributed by atoms with Crippen LogP contribution in [0.2, 0.25) is 0 Å². The molecule has 2 aromatic rings. The molecule has 2 unspecified atom stereocenters. The maximum Gasteiger partial charge on any atom is 0.308 e. The Labute approximate surface area is 160 Å². The molecule has 2 aromatic carbocycles. The predicted octanol–water partition coefficient (Wildman–Crippen LogP) is 3.80. The minimum Gasteiger partial charge on any atom is -0.466 e. The van der Waals surface area contributed by atoms with Gasteiger partial charge in [-0.1, -0.05) is 35.9 Å². The van der Waals surface area contributed by atoms with Crippen LogP contribution in [-0.2, 0) is 14.3 Å². The number of ether oxygens (including phenoxy) is 1. The van der Waals surface area contributed by atoms with Gasteiger partial charge in [-0.15, -0.1) is 0 Å². The minimum atomic E-state index is -0.492. The van der Waals surface area contributed by atoms with Crippen LogP contribution in [0.4, 0.5) is 5.69 Å². The number of anilines is 1. The molecule has 2 rings (SSSR count). The number of nitrogens with two attached hydrogens (primary N) is 1. The third kappa shape index (κ3) is 5.58. The molecule has 5 nitrogen and oxygen atoms in total. The van der Waals surface area contributed by atoms with Crippen LogP contribution < -0.4 is 11.1 Å². The number of rotatable bonds is 7. The van der Waals surface area contributed by atoms with Crippen molar-refractivity contribution >= 4 is 17.6 Å². The van der Waals surface area contributed by atoms with E-state index in [2.05, 4.69) is 11.4 Å². The fourth-order valence-corrected chi connectivity index (χ4v) is 3.16. The lowest BCUT2D eigenvalue weighted by Gasteiger charge is -2.22. The first-order valence-electron chi connectivity index (χ1n) is 9.20. The molecule has 0 aliphatic heterocycles. The Morgan fingerprint density at radius 1 is 1.15 bits per heavy atom. The van der Waals surface area contributed by atoms with Crippen LogP contribution >= 0.6 is 0 Å². The van der Waals surface area contributed by atoms with Gasteiger partial charge in [-0.2, -0.15) is 0 Å². The molecular weight excluding hydrogens is 340 g/mol. The highest BCUT2D eigenvalue weighted by Gasteiger charge is 2.24. The number of hydrogen-bond acceptors (Lipinski definition) is 4. The summed E-state index contributed by atoms with van der Waals surface area (Å²) in [6.07, 6.45) is 0.0582. The number of nitrogen functional groups attached to an aromatic ring is 1. The van der Waals surface area contributed by atoms with Gasteiger partial charge < -0.3 is 15.8 Å². The van der Waals surface area contributed by atoms with Gasteiger partial charge in [0.15, 0.2) is 0 Å². The highest BCUT2D eigenvalue weighted by atomic mass is 16.5. The first-order valence-corrected chi connectivity index (χ1v) is 9.20. The molecule has 5 heteroatoms. The second-order valence-electron chi connectivity index (χ2n) is 6.82. The summed E-state index contributed by atoms with van der Waals surface area (Å²) in [5, 5.41) is 2.99. The molecule has 0 spiro atoms. The Balaban J connectivity index is 2.22. The highest BCUT2D eigenvalue weighted by Crippen LogP contribution is 2.24. The van der Waals surface area contributed by atoms with Gasteiger partial charge >= 0.3 is 5.97 Å². The Hall–Kier alpha value is -2.82. The van der Waals surface area contributed by atoms with E-state index in [-0.39, 0.29) is 24.2 Å². The summed E-state index contributed by atoms with van der Waals surface area (Å²) in [7, 11) is 0. The zero-order chi connectivity index (χ0) is 20.0. The van der Waals surface area contributed by atoms with E-state index in [9.17, 15) is 9.59 Å². The average molecular weight is 368 g/mol. The second-order valence-corrected chi connectivity index (χ2v) is 6.82. The van der Waals surface area contributed by atoms with Gasteiger partial charge in [0, 0.05) is 5.69 Å². The van der Waals surface area contributed by atoms with E-state index < -0.39 is 6.04 Å². The number of aryl methyl sites for hydroxylation is 2. The SMILES string of the molecule is CCOC(=O)CC(NC(=O)C(C)c1ccc(C)cc1C)c1cccc(N)c1. The van der Waals surface area contributed by atoms with Gasteiger partial charge in [-0.25, -0.2) is 0 Å². The number of carbonyl (C=O) groups excluding carboxylic acids is 2. The zero-order valence-electron chi connectivity index (χ0n) is 16.4. The smallest absolute Gasteiger partial charge is 0.308 e. The van der Waals surface area contributed by atoms with Crippen LogP contribution in [0, 0.1) is 13.8 Å². The van der Waals surface area contributed by atoms with Crippen molar-refractivity contribution in [3.63, 3.8) is 0 Å². The number of carbonyl (C=O) groups is 2. The van der Waals surface area contributed by atoms with Crippen LogP contribution in [0.1, 0.15) is 54.5 Å². The molecule has 1 amide bonds. The Morgan fingerprint density at radius 2 is 1.89 bits per heavy atom. The standard InChI is InChI=1S/C22H28N2O3/c1-5-27-21(25)13-20(17-7-6-8-18(23)12-17)24-22(26)16(4)19-10-9-14(2)11-15(19)3/h6-12,16,20H,5,13,23H2,1-4H3,(H,24,26). The lowest BCUT2D eigenvalue weighted by Crippen LogP contribution is -2.33. The number of hydrogen-bond donors (Lipinski definition) is 2. The summed E-state index contributed by atoms with van der Waals surface area (Å²) in [5.74, 6) is -0.834. The third-order valence-corrected chi connectivity index (χ3v) is 4.59. The average Bonchev–Trinajstić information content (AvgIpc) is 2.60. The molecule has 0 aliphatic carbocycles. The van der Waals surface area contributed by atoms with Gasteiger partial charge in [-0.05, 0) is 56.5 Å². The Bertz CT molecular complexity index is 817. The number of nitrogens with one attached hydrogen (secondary N) is 1. The summed E-state index contributed by atoms with van der Waals surface area (Å²) in [4.78, 5) is 24.9. The fraction of sp³-hybridized carbons (Fsp3) is 0.364. The highest BCUT2D eigenvalue weighted by molar-refractivity contribution is 5.84. The van der Waals surface area contributed by atoms with E-state index in [0.717, 1.165) is 22.3 Å². The van der Waals surface area contributed by atoms with Crippen molar-refractivity contribution in [3.05, 3.63) is 64.7 Å². The Morgan fingerprint density at radius 3 is 2.52 bits per heavy atom. The van der Waals surface area contributed by atoms with Crippen molar-refractivity contribution in [2.75, 3.05) is 12.3 Å². The quantitative estimate of drug-likeness (QED) is 0.575. The summed E-state index contributed by atoms with van der Waals surface area (Å²) >= 11 is 0. The van der Waals surface area contributed by atoms with E-state index in [0.29, 0.717) is 12.3 Å². The van der Waals surface area contributed by atoms with Gasteiger partial charge in [-0.3, -0.25) is 9.59 Å². The fourth-order valence-electron chi connectivity index (χ4n) is 3.16. The predicted molar refractivity (Wildman–Crippen MR) is 107 cm³/mol. The zero-order valence-corrected chi connectivity index (χ0v) is 16.4. The molecule has 2 atom stereocenters. The van der Waals surface area contributed by atoms with Crippen LogP contribution in [0.25, 0.3) is 0 Å². The summed E-state index contributed by atoms with van der Waals surface area (Å²) < 4.78 is 5.06. The molecule has 0 fully saturated rings. The van der Waals surface area contributed by atoms with Crippen molar-refractivity contribution < 1.29 is 14.3 Å². The van der Waals surface area contributed by atoms with Crippen molar-refractivity contribution in [2.45, 2.75) is 46.1 Å². The molecule has 0 aliphatic rings. The lowest BCUT2D eigenvalue weighted by molar-refractivity contribution is -0.143. The van der Waals surface area contributed by atoms with Crippen molar-refractivity contribution in [2.24, 2.45) is 0 Å². The van der Waals surface area contributed by atoms with Crippen molar-refractivity contribution in [1.82, 2.24) is 5.32 Å². The molecule has 27 heavy (non-hydrogen) atoms. The lowest BCUT2D eigenvalue weighted by atomic mass is 9.93. The van der Waals surface area contributed by atoms with E-state index in [1.54, 1.807) is 19.1 Å². The van der Waals surface area contributed by atoms with Gasteiger partial charge in [0.2, 0.25) is 5.91 Å². The molecule has 0 heterocycles. The van der Waals surface area contributed by atoms with Crippen molar-refractivity contribution in [3.8, 4) is 0 Å². The molecular formula is C22H28N2O3. The molecule has 0 saturated heterocycles. The topological polar surface area (TPSA) is 81.4 Å². The van der Waals surface area contributed by atoms with Crippen LogP contribution in [0.3, 0.4) is 0 Å². The molecule has 0 radical (unpaired) electrons. The summed E-state index contributed by atoms with van der Waals surface area (Å²) in [5.41, 5.74) is 10.4. The first kappa shape index (κ1) is 20.5. The monoisotopic (exact) mass is 368 g/mol. The van der Waals surface area contributed by atoms with E-state index in [1.807, 2.05) is 45.0 Å². The van der Waals surface area contributed by atoms with Crippen LogP contribution in [-0.4, -0.2) is 18.5 Å². The van der Waals surface area contributed by atoms with Crippen molar-refractivity contribution in [1.29, 1.82) is 0 Å². The number of benzene rings is 2. The minimum absolute atomic E-state index is 0.0582. The Kier molecular flexibility index (Phi) is 6.99. The number of esters is 1. The van der Waals surface area contributed by atoms with E-state index in [4.69, 9.17) is 10.5 Å². The maximum absolute atomic E-state index is 12.9. The largest absolute Gasteiger partial charge is 0.466 e. The third-order valence-electron chi connectivity index (χ3n) is 4.59. The summed E-state index contributed by atoms with van der Waals surface area (Å²) in [6, 6.07) is 12.7. The molecule has 144 valence electrons. The van der Waals surface area contributed by atoms with E-state index in [1.165, 1.54) is 0 Å². The molecule has 0 saturated carbocycles. The normalized spacial score (nSPS) is 12.9. The molecule has 0 bridgehead atoms. The van der Waals surface area contributed by atoms with Crippen LogP contribution in [0.15, 0.2) is 42.5 Å². The number of amides is 1. The van der Waals surface area contributed by atoms with E-state index >= 15 is 0 Å².